The van der Waals surface area contributed by atoms with Crippen LogP contribution >= 0.6 is 0 Å². The monoisotopic (exact) mass is 777 g/mol. The van der Waals surface area contributed by atoms with Gasteiger partial charge in [-0.25, -0.2) is 9.97 Å². The van der Waals surface area contributed by atoms with Gasteiger partial charge in [0.2, 0.25) is 0 Å². The average molecular weight is 778 g/mol. The third kappa shape index (κ3) is 5.37. The number of hydrogen-bond donors (Lipinski definition) is 0. The van der Waals surface area contributed by atoms with Crippen LogP contribution in [0.2, 0.25) is 0 Å². The zero-order valence-electron chi connectivity index (χ0n) is 32.0. The Labute approximate surface area is 341 Å². The van der Waals surface area contributed by atoms with Gasteiger partial charge in [-0.1, -0.05) is 48.5 Å². The maximum absolute atomic E-state index is 6.64. The average Bonchev–Trinajstić information content (AvgIpc) is 3.92. The van der Waals surface area contributed by atoms with Crippen LogP contribution in [0.15, 0.2) is 170 Å². The number of benzene rings is 6. The Bertz CT molecular complexity index is 3400. The third-order valence-electron chi connectivity index (χ3n) is 11.0. The second kappa shape index (κ2) is 13.3. The first-order valence-electron chi connectivity index (χ1n) is 19.5. The van der Waals surface area contributed by atoms with Crippen molar-refractivity contribution in [2.24, 2.45) is 0 Å². The molecule has 60 heavy (non-hydrogen) atoms. The van der Waals surface area contributed by atoms with Crippen LogP contribution in [0.4, 0.5) is 0 Å². The predicted molar refractivity (Wildman–Crippen MR) is 234 cm³/mol. The van der Waals surface area contributed by atoms with Crippen molar-refractivity contribution in [3.63, 3.8) is 0 Å². The molecule has 0 aliphatic carbocycles. The molecule has 0 radical (unpaired) electrons. The van der Waals surface area contributed by atoms with Crippen LogP contribution < -0.4 is 9.47 Å². The second-order valence-corrected chi connectivity index (χ2v) is 14.6. The minimum Gasteiger partial charge on any atom is -0.457 e. The predicted octanol–water partition coefficient (Wildman–Crippen LogP) is 11.2. The fraction of sp³-hybridized carbons (Fsp3) is 0.0204. The van der Waals surface area contributed by atoms with Gasteiger partial charge in [-0.2, -0.15) is 0 Å². The summed E-state index contributed by atoms with van der Waals surface area (Å²) in [5.74, 6) is 5.15. The van der Waals surface area contributed by atoms with Crippen molar-refractivity contribution in [2.75, 3.05) is 0 Å². The molecule has 6 heterocycles. The number of aromatic nitrogens is 9. The molecule has 0 unspecified atom stereocenters. The van der Waals surface area contributed by atoms with E-state index in [9.17, 15) is 0 Å². The molecule has 0 N–H and O–H groups in total. The van der Waals surface area contributed by atoms with Gasteiger partial charge in [0, 0.05) is 69.0 Å². The highest BCUT2D eigenvalue weighted by atomic mass is 16.5. The molecule has 0 atom stereocenters. The Morgan fingerprint density at radius 2 is 0.717 bits per heavy atom. The lowest BCUT2D eigenvalue weighted by atomic mass is 10.1. The lowest BCUT2D eigenvalue weighted by Crippen LogP contribution is -2.06. The third-order valence-corrected chi connectivity index (χ3v) is 11.0. The molecule has 6 aromatic carbocycles. The molecule has 12 rings (SSSR count). The summed E-state index contributed by atoms with van der Waals surface area (Å²) in [5.41, 5.74) is 5.81. The highest BCUT2D eigenvalue weighted by Gasteiger charge is 2.19. The van der Waals surface area contributed by atoms with E-state index in [1.165, 1.54) is 0 Å². The number of rotatable bonds is 7. The zero-order valence-corrected chi connectivity index (χ0v) is 32.0. The number of para-hydroxylation sites is 2. The molecule has 11 nitrogen and oxygen atoms in total. The molecule has 284 valence electrons. The van der Waals surface area contributed by atoms with Crippen LogP contribution in [0.5, 0.6) is 23.0 Å². The molecule has 12 aromatic rings. The largest absolute Gasteiger partial charge is 0.457 e. The molecule has 0 aliphatic heterocycles. The molecule has 0 bridgehead atoms. The van der Waals surface area contributed by atoms with E-state index in [0.29, 0.717) is 34.8 Å². The van der Waals surface area contributed by atoms with Gasteiger partial charge < -0.3 is 9.47 Å². The van der Waals surface area contributed by atoms with Gasteiger partial charge in [0.15, 0.2) is 5.82 Å². The summed E-state index contributed by atoms with van der Waals surface area (Å²) in [6, 6.07) is 53.1. The standard InChI is InChI=1S/C49H31N9O2/c1-30-52-54-49(55-53-30)58-45-28-33(59-31-16-20-37-35-10-2-4-12-41(35)56(43(37)26-31)47-14-6-8-24-50-47)18-22-39(45)40-23-19-34(29-46(40)58)60-32-17-21-38-36-11-3-5-13-42(36)57(44(38)27-32)48-15-7-9-25-51-48/h2-29H,1H3. The van der Waals surface area contributed by atoms with Crippen LogP contribution in [0.25, 0.3) is 83.0 Å². The van der Waals surface area contributed by atoms with Crippen molar-refractivity contribution in [1.82, 2.24) is 44.1 Å². The van der Waals surface area contributed by atoms with E-state index in [0.717, 1.165) is 77.1 Å². The summed E-state index contributed by atoms with van der Waals surface area (Å²) in [4.78, 5) is 9.37. The molecular weight excluding hydrogens is 747 g/mol. The van der Waals surface area contributed by atoms with Gasteiger partial charge in [-0.15, -0.1) is 20.4 Å². The summed E-state index contributed by atoms with van der Waals surface area (Å²) in [6.45, 7) is 1.77. The van der Waals surface area contributed by atoms with E-state index in [2.05, 4.69) is 112 Å². The van der Waals surface area contributed by atoms with Crippen molar-refractivity contribution in [1.29, 1.82) is 0 Å². The number of pyridine rings is 2. The summed E-state index contributed by atoms with van der Waals surface area (Å²) < 4.78 is 19.6. The van der Waals surface area contributed by atoms with E-state index in [1.807, 2.05) is 102 Å². The van der Waals surface area contributed by atoms with Crippen molar-refractivity contribution >= 4 is 65.4 Å². The molecule has 0 saturated heterocycles. The Morgan fingerprint density at radius 3 is 1.12 bits per heavy atom. The van der Waals surface area contributed by atoms with Crippen LogP contribution in [-0.4, -0.2) is 44.1 Å². The van der Waals surface area contributed by atoms with E-state index in [-0.39, 0.29) is 0 Å². The topological polar surface area (TPSA) is 111 Å². The van der Waals surface area contributed by atoms with Crippen LogP contribution in [-0.2, 0) is 0 Å². The first-order chi connectivity index (χ1) is 29.6. The van der Waals surface area contributed by atoms with Crippen LogP contribution in [0.1, 0.15) is 5.82 Å². The summed E-state index contributed by atoms with van der Waals surface area (Å²) >= 11 is 0. The summed E-state index contributed by atoms with van der Waals surface area (Å²) in [7, 11) is 0. The number of fused-ring (bicyclic) bond motifs is 9. The van der Waals surface area contributed by atoms with Crippen molar-refractivity contribution in [3.05, 3.63) is 176 Å². The van der Waals surface area contributed by atoms with Crippen LogP contribution in [0, 0.1) is 6.92 Å². The minimum atomic E-state index is 0.331. The first kappa shape index (κ1) is 33.7. The van der Waals surface area contributed by atoms with Gasteiger partial charge in [0.05, 0.1) is 33.1 Å². The molecule has 6 aromatic heterocycles. The highest BCUT2D eigenvalue weighted by molar-refractivity contribution is 6.11. The van der Waals surface area contributed by atoms with Crippen LogP contribution in [0.3, 0.4) is 0 Å². The molecule has 11 heteroatoms. The highest BCUT2D eigenvalue weighted by Crippen LogP contribution is 2.40. The number of ether oxygens (including phenoxy) is 2. The van der Waals surface area contributed by atoms with E-state index >= 15 is 0 Å². The molecule has 0 aliphatic rings. The van der Waals surface area contributed by atoms with Gasteiger partial charge in [-0.05, 0) is 91.9 Å². The number of aryl methyl sites for hydroxylation is 1. The maximum Gasteiger partial charge on any atom is 0.273 e. The summed E-state index contributed by atoms with van der Waals surface area (Å²) in [6.07, 6.45) is 3.62. The maximum atomic E-state index is 6.64. The van der Waals surface area contributed by atoms with Gasteiger partial charge in [0.25, 0.3) is 5.95 Å². The fourth-order valence-electron chi connectivity index (χ4n) is 8.45. The van der Waals surface area contributed by atoms with E-state index in [4.69, 9.17) is 9.47 Å². The minimum absolute atomic E-state index is 0.331. The molecule has 0 amide bonds. The molecule has 0 saturated carbocycles. The Balaban J connectivity index is 0.961. The molecule has 0 spiro atoms. The van der Waals surface area contributed by atoms with E-state index < -0.39 is 0 Å². The number of nitrogens with zero attached hydrogens (tertiary/aromatic N) is 9. The quantitative estimate of drug-likeness (QED) is 0.157. The van der Waals surface area contributed by atoms with Crippen molar-refractivity contribution in [2.45, 2.75) is 6.92 Å². The van der Waals surface area contributed by atoms with Gasteiger partial charge in [-0.3, -0.25) is 13.7 Å². The van der Waals surface area contributed by atoms with Gasteiger partial charge >= 0.3 is 0 Å². The summed E-state index contributed by atoms with van der Waals surface area (Å²) in [5, 5.41) is 24.0. The second-order valence-electron chi connectivity index (χ2n) is 14.6. The normalized spacial score (nSPS) is 11.8. The lowest BCUT2D eigenvalue weighted by Gasteiger charge is -2.10. The smallest absolute Gasteiger partial charge is 0.273 e. The first-order valence-corrected chi connectivity index (χ1v) is 19.5. The SMILES string of the molecule is Cc1nnc(-n2c3cc(Oc4ccc5c6ccccc6n(-c6ccccn6)c5c4)ccc3c3ccc(Oc4ccc5c6ccccc6n(-c6ccccn6)c5c4)cc32)nn1. The fourth-order valence-corrected chi connectivity index (χ4v) is 8.45. The van der Waals surface area contributed by atoms with Crippen molar-refractivity contribution < 1.29 is 9.47 Å². The molecular formula is C49H31N9O2. The number of hydrogen-bond acceptors (Lipinski definition) is 8. The zero-order chi connectivity index (χ0) is 39.7. The Kier molecular flexibility index (Phi) is 7.48. The van der Waals surface area contributed by atoms with E-state index in [1.54, 1.807) is 6.92 Å². The van der Waals surface area contributed by atoms with Crippen molar-refractivity contribution in [3.8, 4) is 40.6 Å². The van der Waals surface area contributed by atoms with Gasteiger partial charge in [0.1, 0.15) is 34.6 Å². The Hall–Kier alpha value is -8.44. The molecule has 0 fully saturated rings. The lowest BCUT2D eigenvalue weighted by molar-refractivity contribution is 0.484. The Morgan fingerprint density at radius 1 is 0.350 bits per heavy atom.